The summed E-state index contributed by atoms with van der Waals surface area (Å²) in [6, 6.07) is 3.95. The molecule has 0 bridgehead atoms. The number of nitrogens with one attached hydrogen (secondary N) is 1. The van der Waals surface area contributed by atoms with Crippen LogP contribution in [0, 0.1) is 0 Å². The first-order valence-corrected chi connectivity index (χ1v) is 10.7. The molecule has 1 aliphatic heterocycles. The van der Waals surface area contributed by atoms with E-state index in [9.17, 15) is 0 Å². The molecular formula is C19H30N6OS. The van der Waals surface area contributed by atoms with E-state index < -0.39 is 0 Å². The zero-order valence-corrected chi connectivity index (χ0v) is 17.2. The molecule has 0 radical (unpaired) electrons. The Labute approximate surface area is 165 Å². The summed E-state index contributed by atoms with van der Waals surface area (Å²) in [5.74, 6) is 2.96. The molecule has 0 atom stereocenters. The number of nitrogens with zero attached hydrogens (tertiary/aromatic N) is 5. The third-order valence-electron chi connectivity index (χ3n) is 4.63. The number of piperazine rings is 1. The Morgan fingerprint density at radius 1 is 1.30 bits per heavy atom. The summed E-state index contributed by atoms with van der Waals surface area (Å²) >= 11 is 1.51. The molecule has 27 heavy (non-hydrogen) atoms. The van der Waals surface area contributed by atoms with Crippen LogP contribution >= 0.6 is 11.5 Å². The molecule has 7 nitrogen and oxygen atoms in total. The second-order valence-corrected chi connectivity index (χ2v) is 7.37. The number of rotatable bonds is 8. The lowest BCUT2D eigenvalue weighted by Crippen LogP contribution is -2.53. The van der Waals surface area contributed by atoms with E-state index in [-0.39, 0.29) is 0 Å². The second-order valence-electron chi connectivity index (χ2n) is 6.64. The van der Waals surface area contributed by atoms with Crippen LogP contribution in [0.2, 0.25) is 0 Å². The van der Waals surface area contributed by atoms with E-state index in [0.717, 1.165) is 87.6 Å². The van der Waals surface area contributed by atoms with Crippen molar-refractivity contribution in [3.63, 3.8) is 0 Å². The van der Waals surface area contributed by atoms with Crippen LogP contribution in [0.25, 0.3) is 0 Å². The molecule has 1 aliphatic rings. The molecule has 1 N–H and O–H groups in total. The fourth-order valence-electron chi connectivity index (χ4n) is 2.99. The normalized spacial score (nSPS) is 15.4. The van der Waals surface area contributed by atoms with Gasteiger partial charge < -0.3 is 19.5 Å². The van der Waals surface area contributed by atoms with E-state index in [1.807, 2.05) is 12.1 Å². The SMILES string of the molecule is CCCCN=C(NCCc1ccco1)N1CCN(c2nc(CC)ns2)CC1. The summed E-state index contributed by atoms with van der Waals surface area (Å²) in [4.78, 5) is 14.1. The molecule has 0 saturated carbocycles. The van der Waals surface area contributed by atoms with Crippen molar-refractivity contribution in [2.24, 2.45) is 4.99 Å². The van der Waals surface area contributed by atoms with E-state index in [2.05, 4.69) is 38.3 Å². The summed E-state index contributed by atoms with van der Waals surface area (Å²) in [5.41, 5.74) is 0. The van der Waals surface area contributed by atoms with Gasteiger partial charge in [-0.3, -0.25) is 4.99 Å². The van der Waals surface area contributed by atoms with E-state index in [4.69, 9.17) is 9.41 Å². The molecule has 0 spiro atoms. The predicted molar refractivity (Wildman–Crippen MR) is 111 cm³/mol. The Morgan fingerprint density at radius 3 is 2.81 bits per heavy atom. The van der Waals surface area contributed by atoms with Crippen LogP contribution in [-0.4, -0.2) is 59.5 Å². The Kier molecular flexibility index (Phi) is 7.50. The van der Waals surface area contributed by atoms with Crippen molar-refractivity contribution in [1.82, 2.24) is 19.6 Å². The monoisotopic (exact) mass is 390 g/mol. The van der Waals surface area contributed by atoms with Crippen LogP contribution in [0.3, 0.4) is 0 Å². The second kappa shape index (κ2) is 10.3. The Hall–Kier alpha value is -2.09. The molecule has 8 heteroatoms. The number of hydrogen-bond acceptors (Lipinski definition) is 6. The molecular weight excluding hydrogens is 360 g/mol. The van der Waals surface area contributed by atoms with Crippen LogP contribution in [0.5, 0.6) is 0 Å². The number of unbranched alkanes of at least 4 members (excludes halogenated alkanes) is 1. The molecule has 2 aromatic heterocycles. The minimum atomic E-state index is 0.828. The van der Waals surface area contributed by atoms with Crippen molar-refractivity contribution in [3.05, 3.63) is 30.0 Å². The smallest absolute Gasteiger partial charge is 0.205 e. The van der Waals surface area contributed by atoms with E-state index in [1.54, 1.807) is 6.26 Å². The highest BCUT2D eigenvalue weighted by Gasteiger charge is 2.22. The summed E-state index contributed by atoms with van der Waals surface area (Å²) in [6.07, 6.45) is 5.76. The van der Waals surface area contributed by atoms with Gasteiger partial charge in [-0.05, 0) is 18.6 Å². The van der Waals surface area contributed by atoms with Crippen LogP contribution in [0.1, 0.15) is 38.3 Å². The lowest BCUT2D eigenvalue weighted by Gasteiger charge is -2.36. The average Bonchev–Trinajstić information content (AvgIpc) is 3.39. The van der Waals surface area contributed by atoms with Gasteiger partial charge in [0, 0.05) is 63.6 Å². The van der Waals surface area contributed by atoms with Gasteiger partial charge >= 0.3 is 0 Å². The molecule has 2 aromatic rings. The number of aryl methyl sites for hydroxylation is 1. The van der Waals surface area contributed by atoms with Crippen molar-refractivity contribution in [2.75, 3.05) is 44.2 Å². The molecule has 1 fully saturated rings. The number of aromatic nitrogens is 2. The molecule has 1 saturated heterocycles. The van der Waals surface area contributed by atoms with Gasteiger partial charge in [0.25, 0.3) is 0 Å². The standard InChI is InChI=1S/C19H30N6OS/c1-3-5-9-20-18(21-10-8-16-7-6-15-26-16)24-11-13-25(14-12-24)19-22-17(4-2)23-27-19/h6-7,15H,3-5,8-14H2,1-2H3,(H,20,21). The highest BCUT2D eigenvalue weighted by molar-refractivity contribution is 7.09. The lowest BCUT2D eigenvalue weighted by atomic mass is 10.3. The maximum Gasteiger partial charge on any atom is 0.205 e. The molecule has 0 aromatic carbocycles. The minimum absolute atomic E-state index is 0.828. The highest BCUT2D eigenvalue weighted by atomic mass is 32.1. The zero-order chi connectivity index (χ0) is 18.9. The van der Waals surface area contributed by atoms with Gasteiger partial charge in [-0.15, -0.1) is 0 Å². The molecule has 148 valence electrons. The first kappa shape index (κ1) is 19.7. The van der Waals surface area contributed by atoms with Crippen molar-refractivity contribution >= 4 is 22.6 Å². The lowest BCUT2D eigenvalue weighted by molar-refractivity contribution is 0.371. The fraction of sp³-hybridized carbons (Fsp3) is 0.632. The summed E-state index contributed by atoms with van der Waals surface area (Å²) < 4.78 is 9.83. The zero-order valence-electron chi connectivity index (χ0n) is 16.4. The number of furan rings is 1. The summed E-state index contributed by atoms with van der Waals surface area (Å²) in [7, 11) is 0. The minimum Gasteiger partial charge on any atom is -0.469 e. The van der Waals surface area contributed by atoms with Crippen molar-refractivity contribution < 1.29 is 4.42 Å². The number of anilines is 1. The Balaban J connectivity index is 1.53. The van der Waals surface area contributed by atoms with Gasteiger partial charge in [0.2, 0.25) is 5.13 Å². The quantitative estimate of drug-likeness (QED) is 0.425. The first-order valence-electron chi connectivity index (χ1n) is 9.93. The molecule has 3 rings (SSSR count). The molecule has 3 heterocycles. The maximum atomic E-state index is 5.42. The van der Waals surface area contributed by atoms with Gasteiger partial charge in [0.1, 0.15) is 11.6 Å². The largest absolute Gasteiger partial charge is 0.469 e. The summed E-state index contributed by atoms with van der Waals surface area (Å²) in [5, 5.41) is 4.57. The summed E-state index contributed by atoms with van der Waals surface area (Å²) in [6.45, 7) is 9.78. The van der Waals surface area contributed by atoms with E-state index >= 15 is 0 Å². The third kappa shape index (κ3) is 5.69. The maximum absolute atomic E-state index is 5.42. The molecule has 0 unspecified atom stereocenters. The van der Waals surface area contributed by atoms with Crippen LogP contribution in [-0.2, 0) is 12.8 Å². The molecule has 0 aliphatic carbocycles. The van der Waals surface area contributed by atoms with Gasteiger partial charge in [-0.2, -0.15) is 4.37 Å². The van der Waals surface area contributed by atoms with E-state index in [0.29, 0.717) is 0 Å². The van der Waals surface area contributed by atoms with E-state index in [1.165, 1.54) is 11.5 Å². The first-order chi connectivity index (χ1) is 13.3. The predicted octanol–water partition coefficient (Wildman–Crippen LogP) is 2.80. The van der Waals surface area contributed by atoms with Crippen LogP contribution in [0.4, 0.5) is 5.13 Å². The van der Waals surface area contributed by atoms with Crippen molar-refractivity contribution in [1.29, 1.82) is 0 Å². The third-order valence-corrected chi connectivity index (χ3v) is 5.45. The van der Waals surface area contributed by atoms with Gasteiger partial charge in [0.05, 0.1) is 6.26 Å². The Morgan fingerprint density at radius 2 is 2.15 bits per heavy atom. The Bertz CT molecular complexity index is 691. The average molecular weight is 391 g/mol. The van der Waals surface area contributed by atoms with Gasteiger partial charge in [-0.25, -0.2) is 4.98 Å². The topological polar surface area (TPSA) is 69.8 Å². The van der Waals surface area contributed by atoms with Crippen LogP contribution in [0.15, 0.2) is 27.8 Å². The number of hydrogen-bond donors (Lipinski definition) is 1. The number of guanidine groups is 1. The van der Waals surface area contributed by atoms with Crippen molar-refractivity contribution in [2.45, 2.75) is 39.5 Å². The number of aliphatic imine (C=N–C) groups is 1. The van der Waals surface area contributed by atoms with Crippen LogP contribution < -0.4 is 10.2 Å². The van der Waals surface area contributed by atoms with Gasteiger partial charge in [0.15, 0.2) is 5.96 Å². The fourth-order valence-corrected chi connectivity index (χ4v) is 3.79. The van der Waals surface area contributed by atoms with Crippen molar-refractivity contribution in [3.8, 4) is 0 Å². The molecule has 0 amide bonds. The van der Waals surface area contributed by atoms with Gasteiger partial charge in [-0.1, -0.05) is 20.3 Å². The highest BCUT2D eigenvalue weighted by Crippen LogP contribution is 2.19.